The van der Waals surface area contributed by atoms with E-state index in [0.717, 1.165) is 43.0 Å². The molecule has 0 aromatic carbocycles. The lowest BCUT2D eigenvalue weighted by Crippen LogP contribution is -2.62. The molecular weight excluding hydrogens is 326 g/mol. The molecule has 0 bridgehead atoms. The van der Waals surface area contributed by atoms with Gasteiger partial charge in [-0.3, -0.25) is 14.1 Å². The molecule has 3 heterocycles. The van der Waals surface area contributed by atoms with Crippen LogP contribution in [0.25, 0.3) is 4.96 Å². The molecule has 1 N–H and O–H groups in total. The molecule has 2 atom stereocenters. The van der Waals surface area contributed by atoms with Crippen molar-refractivity contribution in [3.8, 4) is 0 Å². The number of aliphatic hydroxyl groups is 1. The van der Waals surface area contributed by atoms with E-state index in [1.807, 2.05) is 12.3 Å². The molecule has 1 saturated carbocycles. The molecule has 1 aliphatic carbocycles. The van der Waals surface area contributed by atoms with E-state index < -0.39 is 0 Å². The van der Waals surface area contributed by atoms with Crippen LogP contribution in [0, 0.1) is 5.41 Å². The van der Waals surface area contributed by atoms with Crippen molar-refractivity contribution in [2.24, 2.45) is 5.41 Å². The summed E-state index contributed by atoms with van der Waals surface area (Å²) in [5.74, 6) is 0. The smallest absolute Gasteiger partial charge is 0.258 e. The Morgan fingerprint density at radius 3 is 2.96 bits per heavy atom. The highest BCUT2D eigenvalue weighted by Gasteiger charge is 2.55. The van der Waals surface area contributed by atoms with E-state index >= 15 is 0 Å². The Morgan fingerprint density at radius 1 is 1.46 bits per heavy atom. The fourth-order valence-corrected chi connectivity index (χ4v) is 4.88. The summed E-state index contributed by atoms with van der Waals surface area (Å²) >= 11 is 1.48. The first kappa shape index (κ1) is 16.2. The number of aliphatic hydroxyl groups excluding tert-OH is 1. The maximum absolute atomic E-state index is 12.1. The summed E-state index contributed by atoms with van der Waals surface area (Å²) < 4.78 is 7.40. The van der Waals surface area contributed by atoms with Crippen molar-refractivity contribution < 1.29 is 9.84 Å². The van der Waals surface area contributed by atoms with Crippen molar-refractivity contribution in [3.05, 3.63) is 33.7 Å². The Hall–Kier alpha value is -1.28. The van der Waals surface area contributed by atoms with Gasteiger partial charge < -0.3 is 9.84 Å². The van der Waals surface area contributed by atoms with Crippen LogP contribution < -0.4 is 5.56 Å². The Morgan fingerprint density at radius 2 is 2.25 bits per heavy atom. The molecule has 1 saturated heterocycles. The molecule has 2 aliphatic rings. The average molecular weight is 349 g/mol. The SMILES string of the molecule is CCOC1CC(O)C12CCN(Cc1cc(=O)n3ccsc3n1)CC2. The minimum absolute atomic E-state index is 0.0180. The van der Waals surface area contributed by atoms with Crippen molar-refractivity contribution in [1.29, 1.82) is 0 Å². The van der Waals surface area contributed by atoms with Crippen LogP contribution in [-0.4, -0.2) is 51.3 Å². The highest BCUT2D eigenvalue weighted by molar-refractivity contribution is 7.15. The summed E-state index contributed by atoms with van der Waals surface area (Å²) in [5, 5.41) is 12.2. The Kier molecular flexibility index (Phi) is 4.20. The highest BCUT2D eigenvalue weighted by atomic mass is 32.1. The molecule has 2 aromatic rings. The van der Waals surface area contributed by atoms with Crippen molar-refractivity contribution in [3.63, 3.8) is 0 Å². The van der Waals surface area contributed by atoms with E-state index in [1.165, 1.54) is 11.3 Å². The van der Waals surface area contributed by atoms with Gasteiger partial charge in [0.15, 0.2) is 4.96 Å². The van der Waals surface area contributed by atoms with E-state index in [1.54, 1.807) is 16.7 Å². The van der Waals surface area contributed by atoms with E-state index in [0.29, 0.717) is 13.2 Å². The van der Waals surface area contributed by atoms with Crippen LogP contribution in [0.2, 0.25) is 0 Å². The molecule has 4 rings (SSSR count). The Bertz CT molecular complexity index is 777. The molecule has 1 aliphatic heterocycles. The second-order valence-electron chi connectivity index (χ2n) is 6.85. The number of hydrogen-bond acceptors (Lipinski definition) is 6. The quantitative estimate of drug-likeness (QED) is 0.906. The Labute approximate surface area is 144 Å². The number of piperidine rings is 1. The maximum atomic E-state index is 12.1. The van der Waals surface area contributed by atoms with Gasteiger partial charge in [0.25, 0.3) is 5.56 Å². The zero-order chi connectivity index (χ0) is 16.7. The second kappa shape index (κ2) is 6.22. The lowest BCUT2D eigenvalue weighted by molar-refractivity contribution is -0.209. The number of aromatic nitrogens is 2. The predicted octanol–water partition coefficient (Wildman–Crippen LogP) is 1.51. The lowest BCUT2D eigenvalue weighted by Gasteiger charge is -2.56. The molecule has 1 spiro atoms. The van der Waals surface area contributed by atoms with Crippen molar-refractivity contribution in [2.45, 2.75) is 44.9 Å². The normalized spacial score (nSPS) is 26.8. The van der Waals surface area contributed by atoms with Crippen LogP contribution in [0.5, 0.6) is 0 Å². The second-order valence-corrected chi connectivity index (χ2v) is 7.72. The van der Waals surface area contributed by atoms with Crippen LogP contribution >= 0.6 is 11.3 Å². The van der Waals surface area contributed by atoms with E-state index in [-0.39, 0.29) is 23.2 Å². The summed E-state index contributed by atoms with van der Waals surface area (Å²) in [6, 6.07) is 1.63. The summed E-state index contributed by atoms with van der Waals surface area (Å²) in [6.45, 7) is 5.23. The third-order valence-corrected chi connectivity index (χ3v) is 6.40. The summed E-state index contributed by atoms with van der Waals surface area (Å²) in [6.07, 6.45) is 4.38. The van der Waals surface area contributed by atoms with Crippen LogP contribution in [0.1, 0.15) is 31.9 Å². The van der Waals surface area contributed by atoms with Crippen molar-refractivity contribution in [1.82, 2.24) is 14.3 Å². The van der Waals surface area contributed by atoms with Gasteiger partial charge in [0.1, 0.15) is 0 Å². The van der Waals surface area contributed by atoms with Crippen LogP contribution in [0.15, 0.2) is 22.4 Å². The molecular formula is C17H23N3O3S. The van der Waals surface area contributed by atoms with Gasteiger partial charge in [-0.2, -0.15) is 0 Å². The topological polar surface area (TPSA) is 67.1 Å². The molecule has 2 aromatic heterocycles. The number of likely N-dealkylation sites (tertiary alicyclic amines) is 1. The highest BCUT2D eigenvalue weighted by Crippen LogP contribution is 2.51. The lowest BCUT2D eigenvalue weighted by atomic mass is 9.58. The molecule has 0 amide bonds. The van der Waals surface area contributed by atoms with E-state index in [2.05, 4.69) is 9.88 Å². The van der Waals surface area contributed by atoms with E-state index in [4.69, 9.17) is 4.74 Å². The fourth-order valence-electron chi connectivity index (χ4n) is 4.14. The minimum atomic E-state index is -0.235. The van der Waals surface area contributed by atoms with Gasteiger partial charge in [-0.05, 0) is 32.9 Å². The van der Waals surface area contributed by atoms with Gasteiger partial charge in [-0.15, -0.1) is 11.3 Å². The van der Waals surface area contributed by atoms with Crippen LogP contribution in [0.3, 0.4) is 0 Å². The van der Waals surface area contributed by atoms with Gasteiger partial charge in [0.05, 0.1) is 17.9 Å². The third-order valence-electron chi connectivity index (χ3n) is 5.64. The minimum Gasteiger partial charge on any atom is -0.392 e. The van der Waals surface area contributed by atoms with Gasteiger partial charge >= 0.3 is 0 Å². The summed E-state index contributed by atoms with van der Waals surface area (Å²) in [7, 11) is 0. The number of fused-ring (bicyclic) bond motifs is 1. The first-order valence-electron chi connectivity index (χ1n) is 8.60. The Balaban J connectivity index is 1.43. The fraction of sp³-hybridized carbons (Fsp3) is 0.647. The van der Waals surface area contributed by atoms with Crippen LogP contribution in [0.4, 0.5) is 0 Å². The first-order chi connectivity index (χ1) is 11.6. The van der Waals surface area contributed by atoms with Crippen molar-refractivity contribution in [2.75, 3.05) is 19.7 Å². The van der Waals surface area contributed by atoms with Gasteiger partial charge in [0, 0.05) is 42.6 Å². The predicted molar refractivity (Wildman–Crippen MR) is 92.3 cm³/mol. The van der Waals surface area contributed by atoms with Crippen LogP contribution in [-0.2, 0) is 11.3 Å². The number of nitrogens with zero attached hydrogens (tertiary/aromatic N) is 3. The first-order valence-corrected chi connectivity index (χ1v) is 9.48. The van der Waals surface area contributed by atoms with E-state index in [9.17, 15) is 9.90 Å². The summed E-state index contributed by atoms with van der Waals surface area (Å²) in [5.41, 5.74) is 0.751. The molecule has 0 radical (unpaired) electrons. The number of hydrogen-bond donors (Lipinski definition) is 1. The molecule has 130 valence electrons. The molecule has 2 unspecified atom stereocenters. The molecule has 6 nitrogen and oxygen atoms in total. The zero-order valence-corrected chi connectivity index (χ0v) is 14.7. The van der Waals surface area contributed by atoms with Crippen molar-refractivity contribution >= 4 is 16.3 Å². The number of ether oxygens (including phenoxy) is 1. The van der Waals surface area contributed by atoms with Gasteiger partial charge in [-0.1, -0.05) is 0 Å². The monoisotopic (exact) mass is 349 g/mol. The zero-order valence-electron chi connectivity index (χ0n) is 13.9. The standard InChI is InChI=1S/C17H23N3O3S/c1-2-23-14-10-13(21)17(14)3-5-19(6-4-17)11-12-9-15(22)20-7-8-24-16(20)18-12/h7-9,13-14,21H,2-6,10-11H2,1H3. The number of thiazole rings is 1. The maximum Gasteiger partial charge on any atom is 0.258 e. The average Bonchev–Trinajstić information content (AvgIpc) is 3.04. The largest absolute Gasteiger partial charge is 0.392 e. The molecule has 7 heteroatoms. The molecule has 2 fully saturated rings. The third kappa shape index (κ3) is 2.60. The number of rotatable bonds is 4. The summed E-state index contributed by atoms with van der Waals surface area (Å²) in [4.78, 5) is 19.7. The van der Waals surface area contributed by atoms with Gasteiger partial charge in [-0.25, -0.2) is 4.98 Å². The van der Waals surface area contributed by atoms with Gasteiger partial charge in [0.2, 0.25) is 0 Å². The molecule has 24 heavy (non-hydrogen) atoms.